The van der Waals surface area contributed by atoms with Gasteiger partial charge in [0.1, 0.15) is 17.0 Å². The molecule has 7 heteroatoms. The molecule has 1 aliphatic rings. The van der Waals surface area contributed by atoms with Crippen LogP contribution in [0.1, 0.15) is 23.0 Å². The number of nitrogens with one attached hydrogen (secondary N) is 1. The minimum Gasteiger partial charge on any atom is -0.377 e. The lowest BCUT2D eigenvalue weighted by Gasteiger charge is -2.37. The highest BCUT2D eigenvalue weighted by Gasteiger charge is 2.30. The molecular weight excluding hydrogens is 298 g/mol. The van der Waals surface area contributed by atoms with E-state index in [2.05, 4.69) is 43.4 Å². The molecule has 0 radical (unpaired) electrons. The van der Waals surface area contributed by atoms with Gasteiger partial charge in [0, 0.05) is 17.8 Å². The number of aryl methyl sites for hydroxylation is 2. The summed E-state index contributed by atoms with van der Waals surface area (Å²) in [4.78, 5) is 12.3. The second kappa shape index (κ2) is 5.33. The average molecular weight is 315 g/mol. The van der Waals surface area contributed by atoms with Gasteiger partial charge in [-0.15, -0.1) is 11.3 Å². The molecule has 22 heavy (non-hydrogen) atoms. The topological polar surface area (TPSA) is 66.9 Å². The number of aromatic amines is 1. The third kappa shape index (κ3) is 2.08. The lowest BCUT2D eigenvalue weighted by molar-refractivity contribution is 0.0935. The van der Waals surface area contributed by atoms with Crippen molar-refractivity contribution in [1.82, 2.24) is 20.2 Å². The molecule has 4 rings (SSSR count). The summed E-state index contributed by atoms with van der Waals surface area (Å²) < 4.78 is 5.74. The summed E-state index contributed by atoms with van der Waals surface area (Å²) >= 11 is 1.64. The van der Waals surface area contributed by atoms with Crippen molar-refractivity contribution in [3.63, 3.8) is 0 Å². The summed E-state index contributed by atoms with van der Waals surface area (Å²) in [6.45, 7) is 6.27. The van der Waals surface area contributed by atoms with E-state index in [1.807, 2.05) is 6.92 Å². The van der Waals surface area contributed by atoms with Crippen LogP contribution in [0.15, 0.2) is 17.8 Å². The Bertz CT molecular complexity index is 792. The van der Waals surface area contributed by atoms with Crippen molar-refractivity contribution in [2.24, 2.45) is 0 Å². The van der Waals surface area contributed by atoms with Crippen molar-refractivity contribution in [3.05, 3.63) is 34.7 Å². The Morgan fingerprint density at radius 3 is 3.09 bits per heavy atom. The highest BCUT2D eigenvalue weighted by Crippen LogP contribution is 2.35. The predicted octanol–water partition coefficient (Wildman–Crippen LogP) is 2.61. The first-order valence-corrected chi connectivity index (χ1v) is 8.17. The fraction of sp³-hybridized carbons (Fsp3) is 0.400. The quantitative estimate of drug-likeness (QED) is 0.787. The molecule has 0 bridgehead atoms. The first kappa shape index (κ1) is 13.7. The number of ether oxygens (including phenoxy) is 1. The maximum atomic E-state index is 5.74. The van der Waals surface area contributed by atoms with E-state index in [1.54, 1.807) is 17.7 Å². The number of nitrogens with zero attached hydrogens (tertiary/aromatic N) is 4. The highest BCUT2D eigenvalue weighted by atomic mass is 32.1. The maximum absolute atomic E-state index is 5.74. The second-order valence-corrected chi connectivity index (χ2v) is 6.36. The van der Waals surface area contributed by atoms with Gasteiger partial charge in [-0.3, -0.25) is 5.10 Å². The highest BCUT2D eigenvalue weighted by molar-refractivity contribution is 7.16. The van der Waals surface area contributed by atoms with E-state index in [0.29, 0.717) is 13.2 Å². The van der Waals surface area contributed by atoms with Gasteiger partial charge in [-0.25, -0.2) is 9.97 Å². The zero-order valence-corrected chi connectivity index (χ0v) is 13.4. The Morgan fingerprint density at radius 2 is 2.27 bits per heavy atom. The van der Waals surface area contributed by atoms with E-state index in [-0.39, 0.29) is 6.04 Å². The van der Waals surface area contributed by atoms with Crippen LogP contribution in [0.5, 0.6) is 0 Å². The number of H-pyrrole nitrogens is 1. The minimum absolute atomic E-state index is 0.130. The molecule has 3 aromatic heterocycles. The Kier molecular flexibility index (Phi) is 3.31. The van der Waals surface area contributed by atoms with Gasteiger partial charge in [-0.1, -0.05) is 0 Å². The summed E-state index contributed by atoms with van der Waals surface area (Å²) in [6, 6.07) is 2.22. The van der Waals surface area contributed by atoms with Crippen molar-refractivity contribution >= 4 is 27.4 Å². The molecular formula is C15H17N5OS. The van der Waals surface area contributed by atoms with Gasteiger partial charge in [0.05, 0.1) is 30.3 Å². The van der Waals surface area contributed by atoms with Gasteiger partial charge in [-0.05, 0) is 25.3 Å². The summed E-state index contributed by atoms with van der Waals surface area (Å²) in [5.41, 5.74) is 3.32. The van der Waals surface area contributed by atoms with Crippen molar-refractivity contribution in [2.75, 3.05) is 24.7 Å². The second-order valence-electron chi connectivity index (χ2n) is 5.47. The molecule has 4 heterocycles. The lowest BCUT2D eigenvalue weighted by atomic mass is 10.0. The molecule has 3 aromatic rings. The van der Waals surface area contributed by atoms with Crippen LogP contribution in [0.2, 0.25) is 0 Å². The average Bonchev–Trinajstić information content (AvgIpc) is 3.14. The van der Waals surface area contributed by atoms with Gasteiger partial charge in [0.2, 0.25) is 0 Å². The molecule has 1 atom stereocenters. The number of fused-ring (bicyclic) bond motifs is 1. The fourth-order valence-corrected chi connectivity index (χ4v) is 3.88. The normalized spacial score (nSPS) is 19.0. The molecule has 0 spiro atoms. The third-order valence-corrected chi connectivity index (χ3v) is 4.98. The number of morpholine rings is 1. The number of anilines is 1. The molecule has 0 unspecified atom stereocenters. The fourth-order valence-electron chi connectivity index (χ4n) is 3.15. The van der Waals surface area contributed by atoms with E-state index in [9.17, 15) is 0 Å². The smallest absolute Gasteiger partial charge is 0.141 e. The number of aromatic nitrogens is 4. The van der Waals surface area contributed by atoms with Crippen LogP contribution < -0.4 is 4.90 Å². The summed E-state index contributed by atoms with van der Waals surface area (Å²) in [5.74, 6) is 0.986. The molecule has 1 aliphatic heterocycles. The van der Waals surface area contributed by atoms with Gasteiger partial charge < -0.3 is 9.64 Å². The summed E-state index contributed by atoms with van der Waals surface area (Å²) in [5, 5.41) is 10.6. The van der Waals surface area contributed by atoms with Gasteiger partial charge in [0.15, 0.2) is 0 Å². The van der Waals surface area contributed by atoms with E-state index in [0.717, 1.165) is 34.0 Å². The molecule has 114 valence electrons. The largest absolute Gasteiger partial charge is 0.377 e. The van der Waals surface area contributed by atoms with Crippen molar-refractivity contribution in [3.8, 4) is 0 Å². The van der Waals surface area contributed by atoms with E-state index in [1.165, 1.54) is 5.56 Å². The number of rotatable bonds is 2. The lowest BCUT2D eigenvalue weighted by Crippen LogP contribution is -2.40. The van der Waals surface area contributed by atoms with Gasteiger partial charge in [-0.2, -0.15) is 5.10 Å². The maximum Gasteiger partial charge on any atom is 0.141 e. The Hall–Kier alpha value is -1.99. The number of hydrogen-bond acceptors (Lipinski definition) is 6. The molecule has 0 aromatic carbocycles. The number of hydrogen-bond donors (Lipinski definition) is 1. The summed E-state index contributed by atoms with van der Waals surface area (Å²) in [7, 11) is 0. The predicted molar refractivity (Wildman–Crippen MR) is 86.4 cm³/mol. The zero-order chi connectivity index (χ0) is 15.1. The standard InChI is InChI=1S/C15H17N5OS/c1-9-13(10(2)19-18-9)12-7-21-5-4-20(12)14-11-3-6-22-15(11)17-8-16-14/h3,6,8,12H,4-5,7H2,1-2H3,(H,18,19)/t12-/m0/s1. The van der Waals surface area contributed by atoms with Gasteiger partial charge >= 0.3 is 0 Å². The van der Waals surface area contributed by atoms with Crippen LogP contribution in [-0.4, -0.2) is 39.9 Å². The SMILES string of the molecule is Cc1n[nH]c(C)c1[C@@H]1COCCN1c1ncnc2sccc12. The molecule has 6 nitrogen and oxygen atoms in total. The zero-order valence-electron chi connectivity index (χ0n) is 12.5. The van der Waals surface area contributed by atoms with Crippen LogP contribution in [0.25, 0.3) is 10.2 Å². The Morgan fingerprint density at radius 1 is 1.36 bits per heavy atom. The van der Waals surface area contributed by atoms with Crippen molar-refractivity contribution in [2.45, 2.75) is 19.9 Å². The molecule has 0 saturated carbocycles. The van der Waals surface area contributed by atoms with Crippen LogP contribution in [0.4, 0.5) is 5.82 Å². The molecule has 0 aliphatic carbocycles. The van der Waals surface area contributed by atoms with Crippen molar-refractivity contribution < 1.29 is 4.74 Å². The van der Waals surface area contributed by atoms with Crippen LogP contribution in [0.3, 0.4) is 0 Å². The minimum atomic E-state index is 0.130. The Labute approximate surface area is 132 Å². The first-order valence-electron chi connectivity index (χ1n) is 7.29. The van der Waals surface area contributed by atoms with E-state index >= 15 is 0 Å². The van der Waals surface area contributed by atoms with E-state index < -0.39 is 0 Å². The number of thiophene rings is 1. The van der Waals surface area contributed by atoms with Crippen molar-refractivity contribution in [1.29, 1.82) is 0 Å². The molecule has 1 N–H and O–H groups in total. The Balaban J connectivity index is 1.83. The monoisotopic (exact) mass is 315 g/mol. The van der Waals surface area contributed by atoms with Crippen LogP contribution in [0, 0.1) is 13.8 Å². The van der Waals surface area contributed by atoms with E-state index in [4.69, 9.17) is 4.74 Å². The summed E-state index contributed by atoms with van der Waals surface area (Å²) in [6.07, 6.45) is 1.65. The molecule has 1 fully saturated rings. The molecule has 0 amide bonds. The molecule has 1 saturated heterocycles. The van der Waals surface area contributed by atoms with Crippen LogP contribution in [-0.2, 0) is 4.74 Å². The first-order chi connectivity index (χ1) is 10.8. The van der Waals surface area contributed by atoms with Crippen LogP contribution >= 0.6 is 11.3 Å². The van der Waals surface area contributed by atoms with Gasteiger partial charge in [0.25, 0.3) is 0 Å². The third-order valence-electron chi connectivity index (χ3n) is 4.16.